The molecule has 3 aromatic rings. The number of aromatic nitrogens is 2. The Morgan fingerprint density at radius 2 is 1.81 bits per heavy atom. The van der Waals surface area contributed by atoms with Crippen molar-refractivity contribution in [3.8, 4) is 5.69 Å². The average Bonchev–Trinajstić information content (AvgIpc) is 3.50. The van der Waals surface area contributed by atoms with Crippen molar-refractivity contribution in [1.82, 2.24) is 14.7 Å². The Labute approximate surface area is 221 Å². The summed E-state index contributed by atoms with van der Waals surface area (Å²) in [5, 5.41) is 4.87. The number of aryl methyl sites for hydroxylation is 1. The summed E-state index contributed by atoms with van der Waals surface area (Å²) in [6.07, 6.45) is 1.98. The quantitative estimate of drug-likeness (QED) is 0.462. The Hall–Kier alpha value is -3.13. The summed E-state index contributed by atoms with van der Waals surface area (Å²) in [5.74, 6) is 0.367. The van der Waals surface area contributed by atoms with Crippen LogP contribution >= 0.6 is 11.8 Å². The lowest BCUT2D eigenvalue weighted by atomic mass is 9.87. The Morgan fingerprint density at radius 3 is 2.46 bits per heavy atom. The van der Waals surface area contributed by atoms with Crippen molar-refractivity contribution >= 4 is 29.4 Å². The van der Waals surface area contributed by atoms with Gasteiger partial charge in [-0.3, -0.25) is 14.5 Å². The number of amides is 2. The number of carbonyl (C=O) groups is 2. The largest absolute Gasteiger partial charge is 0.341 e. The van der Waals surface area contributed by atoms with Gasteiger partial charge in [-0.2, -0.15) is 5.10 Å². The lowest BCUT2D eigenvalue weighted by molar-refractivity contribution is -0.130. The van der Waals surface area contributed by atoms with Crippen LogP contribution in [0, 0.1) is 12.7 Å². The van der Waals surface area contributed by atoms with Gasteiger partial charge in [-0.05, 0) is 55.2 Å². The van der Waals surface area contributed by atoms with E-state index < -0.39 is 0 Å². The minimum Gasteiger partial charge on any atom is -0.341 e. The van der Waals surface area contributed by atoms with Crippen molar-refractivity contribution in [3.05, 3.63) is 76.7 Å². The van der Waals surface area contributed by atoms with Crippen molar-refractivity contribution in [3.63, 3.8) is 0 Å². The van der Waals surface area contributed by atoms with Gasteiger partial charge < -0.3 is 4.90 Å². The topological polar surface area (TPSA) is 58.4 Å². The zero-order chi connectivity index (χ0) is 26.3. The summed E-state index contributed by atoms with van der Waals surface area (Å²) < 4.78 is 15.7. The third-order valence-electron chi connectivity index (χ3n) is 6.97. The highest BCUT2D eigenvalue weighted by molar-refractivity contribution is 8.00. The van der Waals surface area contributed by atoms with E-state index in [1.165, 1.54) is 23.9 Å². The van der Waals surface area contributed by atoms with Crippen LogP contribution in [0.3, 0.4) is 0 Å². The number of rotatable bonds is 4. The predicted molar refractivity (Wildman–Crippen MR) is 146 cm³/mol. The number of likely N-dealkylation sites (tertiary alicyclic amines) is 1. The average molecular weight is 521 g/mol. The monoisotopic (exact) mass is 520 g/mol. The number of hydrogen-bond acceptors (Lipinski definition) is 4. The van der Waals surface area contributed by atoms with E-state index >= 15 is 0 Å². The van der Waals surface area contributed by atoms with Crippen molar-refractivity contribution in [2.75, 3.05) is 30.3 Å². The van der Waals surface area contributed by atoms with Gasteiger partial charge in [0.15, 0.2) is 0 Å². The zero-order valence-electron chi connectivity index (χ0n) is 21.8. The highest BCUT2D eigenvalue weighted by Crippen LogP contribution is 2.48. The maximum atomic E-state index is 13.8. The van der Waals surface area contributed by atoms with Crippen molar-refractivity contribution in [1.29, 1.82) is 0 Å². The second-order valence-electron chi connectivity index (χ2n) is 10.9. The predicted octanol–water partition coefficient (Wildman–Crippen LogP) is 5.41. The van der Waals surface area contributed by atoms with Crippen LogP contribution < -0.4 is 4.90 Å². The smallest absolute Gasteiger partial charge is 0.242 e. The van der Waals surface area contributed by atoms with Crippen LogP contribution in [0.15, 0.2) is 48.5 Å². The Morgan fingerprint density at radius 1 is 1.11 bits per heavy atom. The van der Waals surface area contributed by atoms with Gasteiger partial charge in [-0.25, -0.2) is 9.07 Å². The molecule has 194 valence electrons. The van der Waals surface area contributed by atoms with E-state index in [1.54, 1.807) is 17.0 Å². The number of fused-ring (bicyclic) bond motifs is 1. The van der Waals surface area contributed by atoms with E-state index in [0.29, 0.717) is 5.82 Å². The van der Waals surface area contributed by atoms with Gasteiger partial charge in [0.2, 0.25) is 11.8 Å². The van der Waals surface area contributed by atoms with Crippen LogP contribution in [0.4, 0.5) is 10.2 Å². The highest BCUT2D eigenvalue weighted by atomic mass is 32.2. The first-order chi connectivity index (χ1) is 17.6. The van der Waals surface area contributed by atoms with Crippen LogP contribution in [-0.2, 0) is 15.0 Å². The molecule has 0 aliphatic carbocycles. The molecule has 2 aliphatic heterocycles. The summed E-state index contributed by atoms with van der Waals surface area (Å²) >= 11 is 1.51. The molecule has 8 heteroatoms. The van der Waals surface area contributed by atoms with Crippen LogP contribution in [0.2, 0.25) is 0 Å². The van der Waals surface area contributed by atoms with Gasteiger partial charge in [0.05, 0.1) is 22.4 Å². The number of benzene rings is 2. The zero-order valence-corrected chi connectivity index (χ0v) is 22.6. The van der Waals surface area contributed by atoms with E-state index in [1.807, 2.05) is 40.8 Å². The molecule has 0 N–H and O–H groups in total. The van der Waals surface area contributed by atoms with Crippen LogP contribution in [0.25, 0.3) is 5.69 Å². The Bertz CT molecular complexity index is 1320. The summed E-state index contributed by atoms with van der Waals surface area (Å²) in [6, 6.07) is 14.5. The first-order valence-corrected chi connectivity index (χ1v) is 13.8. The second-order valence-corrected chi connectivity index (χ2v) is 12.0. The first kappa shape index (κ1) is 25.5. The summed E-state index contributed by atoms with van der Waals surface area (Å²) in [4.78, 5) is 30.5. The number of carbonyl (C=O) groups excluding carboxylic acids is 2. The molecule has 2 amide bonds. The molecule has 2 aromatic carbocycles. The van der Waals surface area contributed by atoms with E-state index in [9.17, 15) is 14.0 Å². The van der Waals surface area contributed by atoms with Crippen molar-refractivity contribution in [2.24, 2.45) is 0 Å². The maximum absolute atomic E-state index is 13.8. The summed E-state index contributed by atoms with van der Waals surface area (Å²) in [7, 11) is 0. The minimum atomic E-state index is -0.337. The van der Waals surface area contributed by atoms with Crippen molar-refractivity contribution < 1.29 is 14.0 Å². The van der Waals surface area contributed by atoms with E-state index in [4.69, 9.17) is 5.10 Å². The molecule has 0 radical (unpaired) electrons. The molecule has 1 fully saturated rings. The van der Waals surface area contributed by atoms with Gasteiger partial charge >= 0.3 is 0 Å². The molecule has 6 nitrogen and oxygen atoms in total. The molecule has 37 heavy (non-hydrogen) atoms. The molecule has 0 unspecified atom stereocenters. The van der Waals surface area contributed by atoms with E-state index in [0.717, 1.165) is 54.0 Å². The lowest BCUT2D eigenvalue weighted by Gasteiger charge is -2.26. The Balaban J connectivity index is 1.75. The van der Waals surface area contributed by atoms with Crippen LogP contribution in [0.5, 0.6) is 0 Å². The maximum Gasteiger partial charge on any atom is 0.242 e. The lowest BCUT2D eigenvalue weighted by Crippen LogP contribution is -2.43. The molecule has 5 rings (SSSR count). The molecule has 0 bridgehead atoms. The fourth-order valence-corrected chi connectivity index (χ4v) is 6.31. The van der Waals surface area contributed by atoms with Gasteiger partial charge in [0.25, 0.3) is 0 Å². The minimum absolute atomic E-state index is 0.0242. The van der Waals surface area contributed by atoms with Gasteiger partial charge in [-0.15, -0.1) is 11.8 Å². The fraction of sp³-hybridized carbons (Fsp3) is 0.414. The molecule has 3 heterocycles. The molecule has 1 atom stereocenters. The summed E-state index contributed by atoms with van der Waals surface area (Å²) in [5.41, 5.74) is 4.24. The summed E-state index contributed by atoms with van der Waals surface area (Å²) in [6.45, 7) is 9.77. The van der Waals surface area contributed by atoms with E-state index in [2.05, 4.69) is 20.8 Å². The third kappa shape index (κ3) is 5.04. The van der Waals surface area contributed by atoms with Crippen LogP contribution in [-0.4, -0.2) is 51.9 Å². The van der Waals surface area contributed by atoms with Crippen LogP contribution in [0.1, 0.15) is 61.2 Å². The van der Waals surface area contributed by atoms with Gasteiger partial charge in [0.1, 0.15) is 18.2 Å². The Kier molecular flexibility index (Phi) is 6.88. The van der Waals surface area contributed by atoms with Gasteiger partial charge in [-0.1, -0.05) is 45.0 Å². The normalized spacial score (nSPS) is 18.2. The molecule has 1 aromatic heterocycles. The van der Waals surface area contributed by atoms with Gasteiger partial charge in [0, 0.05) is 24.1 Å². The highest BCUT2D eigenvalue weighted by Gasteiger charge is 2.40. The number of thioether (sulfide) groups is 1. The fourth-order valence-electron chi connectivity index (χ4n) is 5.12. The second kappa shape index (κ2) is 9.97. The SMILES string of the molecule is Cc1cccc(-n2nc(C(C)(C)C)c3c2N(CC(=O)N2CCCC2)C(=O)CS[C@H]3c2ccc(F)cc2)c1. The molecule has 1 saturated heterocycles. The first-order valence-electron chi connectivity index (χ1n) is 12.8. The molecular formula is C29H33FN4O2S. The molecule has 2 aliphatic rings. The van der Waals surface area contributed by atoms with E-state index in [-0.39, 0.29) is 40.6 Å². The number of hydrogen-bond donors (Lipinski definition) is 0. The standard InChI is InChI=1S/C29H33FN4O2S/c1-19-8-7-9-22(16-19)34-28-25(27(31-34)29(2,3)4)26(20-10-12-21(30)13-11-20)37-18-24(36)33(28)17-23(35)32-14-5-6-15-32/h7-13,16,26H,5-6,14-15,17-18H2,1-4H3/t26-/m0/s1. The number of anilines is 1. The molecular weight excluding hydrogens is 487 g/mol. The number of nitrogens with zero attached hydrogens (tertiary/aromatic N) is 4. The molecule has 0 saturated carbocycles. The van der Waals surface area contributed by atoms with Crippen molar-refractivity contribution in [2.45, 2.75) is 51.2 Å². The number of halogens is 1. The third-order valence-corrected chi connectivity index (χ3v) is 8.23. The molecule has 0 spiro atoms.